The normalized spacial score (nSPS) is 10.7. The maximum atomic E-state index is 10.8. The summed E-state index contributed by atoms with van der Waals surface area (Å²) in [6.07, 6.45) is 3.63. The van der Waals surface area contributed by atoms with E-state index in [1.807, 2.05) is 42.5 Å². The Morgan fingerprint density at radius 1 is 1.03 bits per heavy atom. The van der Waals surface area contributed by atoms with Crippen molar-refractivity contribution in [1.29, 1.82) is 0 Å². The summed E-state index contributed by atoms with van der Waals surface area (Å²) < 4.78 is 0. The maximum absolute atomic E-state index is 10.8. The first-order chi connectivity index (χ1) is 17.0. The lowest BCUT2D eigenvalue weighted by molar-refractivity contribution is -0.385. The molecule has 0 unspecified atom stereocenters. The summed E-state index contributed by atoms with van der Waals surface area (Å²) in [5, 5.41) is 15.2. The van der Waals surface area contributed by atoms with Crippen molar-refractivity contribution < 1.29 is 4.92 Å². The maximum Gasteiger partial charge on any atom is 0.287 e. The molecule has 0 saturated heterocycles. The second-order valence-corrected chi connectivity index (χ2v) is 8.43. The minimum Gasteiger partial charge on any atom is -0.368 e. The molecule has 1 radical (unpaired) electrons. The monoisotopic (exact) mass is 507 g/mol. The molecular weight excluding hydrogens is 487 g/mol. The van der Waals surface area contributed by atoms with Gasteiger partial charge in [-0.2, -0.15) is 0 Å². The Hall–Kier alpha value is -3.75. The van der Waals surface area contributed by atoms with Crippen molar-refractivity contribution in [3.8, 4) is 11.3 Å². The fourth-order valence-electron chi connectivity index (χ4n) is 3.43. The van der Waals surface area contributed by atoms with Crippen LogP contribution in [0, 0.1) is 16.2 Å². The smallest absolute Gasteiger partial charge is 0.287 e. The van der Waals surface area contributed by atoms with Crippen LogP contribution in [0.5, 0.6) is 0 Å². The Labute approximate surface area is 212 Å². The highest BCUT2D eigenvalue weighted by atomic mass is 35.5. The van der Waals surface area contributed by atoms with E-state index in [0.29, 0.717) is 47.9 Å². The van der Waals surface area contributed by atoms with Crippen LogP contribution in [0.15, 0.2) is 73.1 Å². The van der Waals surface area contributed by atoms with Gasteiger partial charge in [0.1, 0.15) is 12.0 Å². The van der Waals surface area contributed by atoms with E-state index in [9.17, 15) is 10.1 Å². The lowest BCUT2D eigenvalue weighted by Crippen LogP contribution is -2.32. The van der Waals surface area contributed by atoms with Crippen molar-refractivity contribution in [2.75, 3.05) is 29.9 Å². The number of hydrogen-bond donors (Lipinski definition) is 1. The molecule has 4 aromatic rings. The molecule has 0 aliphatic rings. The molecule has 10 heteroatoms. The third kappa shape index (κ3) is 6.65. The standard InChI is InChI=1S/C25H21Cl2N6O2/c26-20-7-6-18(22(27)16-20)11-14-32(15-13-28-24-9-8-21(17-30-24)33(34)35)25-29-12-10-23(31-25)19-4-2-1-3-5-19/h2-10,12,16-17H,11,13-15H2,(H,28,30). The highest BCUT2D eigenvalue weighted by Gasteiger charge is 2.13. The van der Waals surface area contributed by atoms with Crippen LogP contribution in [-0.2, 0) is 6.42 Å². The third-order valence-corrected chi connectivity index (χ3v) is 5.84. The average Bonchev–Trinajstić information content (AvgIpc) is 2.88. The van der Waals surface area contributed by atoms with E-state index in [2.05, 4.69) is 26.3 Å². The van der Waals surface area contributed by atoms with E-state index >= 15 is 0 Å². The van der Waals surface area contributed by atoms with E-state index in [0.717, 1.165) is 16.8 Å². The van der Waals surface area contributed by atoms with Gasteiger partial charge in [-0.05, 0) is 42.3 Å². The fourth-order valence-corrected chi connectivity index (χ4v) is 3.93. The van der Waals surface area contributed by atoms with Gasteiger partial charge in [0, 0.05) is 47.5 Å². The molecule has 0 saturated carbocycles. The predicted molar refractivity (Wildman–Crippen MR) is 138 cm³/mol. The number of nitro groups is 1. The molecule has 1 N–H and O–H groups in total. The minimum atomic E-state index is -0.477. The van der Waals surface area contributed by atoms with Crippen molar-refractivity contribution in [2.45, 2.75) is 6.42 Å². The van der Waals surface area contributed by atoms with Crippen molar-refractivity contribution in [2.24, 2.45) is 0 Å². The van der Waals surface area contributed by atoms with E-state index in [1.165, 1.54) is 12.3 Å². The fraction of sp³-hybridized carbons (Fsp3) is 0.160. The van der Waals surface area contributed by atoms with Crippen LogP contribution >= 0.6 is 23.2 Å². The van der Waals surface area contributed by atoms with Crippen LogP contribution in [-0.4, -0.2) is 39.5 Å². The zero-order valence-electron chi connectivity index (χ0n) is 18.6. The molecule has 0 aliphatic heterocycles. The Morgan fingerprint density at radius 2 is 1.86 bits per heavy atom. The van der Waals surface area contributed by atoms with Crippen LogP contribution in [0.1, 0.15) is 5.56 Å². The summed E-state index contributed by atoms with van der Waals surface area (Å²) in [5.74, 6) is 1.13. The molecule has 0 aliphatic carbocycles. The average molecular weight is 508 g/mol. The lowest BCUT2D eigenvalue weighted by atomic mass is 10.1. The number of nitrogens with one attached hydrogen (secondary N) is 1. The Balaban J connectivity index is 1.50. The highest BCUT2D eigenvalue weighted by molar-refractivity contribution is 6.35. The predicted octanol–water partition coefficient (Wildman–Crippen LogP) is 5.71. The molecule has 0 fully saturated rings. The SMILES string of the molecule is O=[N+]([O-])c1ccc(NCCN(CCc2ccc(Cl)cc2Cl)c2nccc(-c3cc[c]cc3)n2)nc1. The van der Waals surface area contributed by atoms with Gasteiger partial charge in [0.2, 0.25) is 5.95 Å². The molecule has 8 nitrogen and oxygen atoms in total. The van der Waals surface area contributed by atoms with Gasteiger partial charge in [-0.3, -0.25) is 10.1 Å². The molecular formula is C25H21Cl2N6O2. The Kier molecular flexibility index (Phi) is 8.07. The van der Waals surface area contributed by atoms with Gasteiger partial charge in [-0.1, -0.05) is 53.5 Å². The summed E-state index contributed by atoms with van der Waals surface area (Å²) in [5.41, 5.74) is 2.70. The number of pyridine rings is 1. The lowest BCUT2D eigenvalue weighted by Gasteiger charge is -2.23. The van der Waals surface area contributed by atoms with Crippen LogP contribution < -0.4 is 10.2 Å². The van der Waals surface area contributed by atoms with Crippen LogP contribution in [0.2, 0.25) is 10.0 Å². The molecule has 2 aromatic carbocycles. The summed E-state index contributed by atoms with van der Waals surface area (Å²) in [6, 6.07) is 20.9. The van der Waals surface area contributed by atoms with E-state index in [1.54, 1.807) is 18.3 Å². The van der Waals surface area contributed by atoms with Gasteiger partial charge in [0.15, 0.2) is 0 Å². The number of anilines is 2. The zero-order chi connectivity index (χ0) is 24.6. The van der Waals surface area contributed by atoms with Crippen LogP contribution in [0.25, 0.3) is 11.3 Å². The zero-order valence-corrected chi connectivity index (χ0v) is 20.1. The molecule has 177 valence electrons. The molecule has 2 aromatic heterocycles. The van der Waals surface area contributed by atoms with Gasteiger partial charge >= 0.3 is 0 Å². The number of nitrogens with zero attached hydrogens (tertiary/aromatic N) is 5. The van der Waals surface area contributed by atoms with Crippen molar-refractivity contribution >= 4 is 40.7 Å². The Bertz CT molecular complexity index is 1290. The third-order valence-electron chi connectivity index (χ3n) is 5.25. The van der Waals surface area contributed by atoms with Gasteiger partial charge in [-0.15, -0.1) is 0 Å². The quantitative estimate of drug-likeness (QED) is 0.216. The van der Waals surface area contributed by atoms with E-state index in [4.69, 9.17) is 28.2 Å². The van der Waals surface area contributed by atoms with Crippen molar-refractivity contribution in [3.63, 3.8) is 0 Å². The van der Waals surface area contributed by atoms with Crippen molar-refractivity contribution in [3.05, 3.63) is 105 Å². The first-order valence-electron chi connectivity index (χ1n) is 10.8. The second-order valence-electron chi connectivity index (χ2n) is 7.59. The molecule has 35 heavy (non-hydrogen) atoms. The summed E-state index contributed by atoms with van der Waals surface area (Å²) >= 11 is 12.4. The van der Waals surface area contributed by atoms with Gasteiger partial charge < -0.3 is 10.2 Å². The molecule has 0 bridgehead atoms. The molecule has 2 heterocycles. The Morgan fingerprint density at radius 3 is 2.57 bits per heavy atom. The number of aromatic nitrogens is 3. The second kappa shape index (κ2) is 11.6. The van der Waals surface area contributed by atoms with Gasteiger partial charge in [0.05, 0.1) is 10.6 Å². The molecule has 0 spiro atoms. The summed E-state index contributed by atoms with van der Waals surface area (Å²) in [7, 11) is 0. The molecule has 4 rings (SSSR count). The largest absolute Gasteiger partial charge is 0.368 e. The van der Waals surface area contributed by atoms with Gasteiger partial charge in [0.25, 0.3) is 5.69 Å². The number of benzene rings is 2. The van der Waals surface area contributed by atoms with Gasteiger partial charge in [-0.25, -0.2) is 15.0 Å². The first-order valence-corrected chi connectivity index (χ1v) is 11.6. The highest BCUT2D eigenvalue weighted by Crippen LogP contribution is 2.23. The summed E-state index contributed by atoms with van der Waals surface area (Å²) in [6.45, 7) is 1.70. The van der Waals surface area contributed by atoms with Crippen LogP contribution in [0.4, 0.5) is 17.5 Å². The topological polar surface area (TPSA) is 97.1 Å². The summed E-state index contributed by atoms with van der Waals surface area (Å²) in [4.78, 5) is 25.8. The van der Waals surface area contributed by atoms with Crippen LogP contribution in [0.3, 0.4) is 0 Å². The number of hydrogen-bond acceptors (Lipinski definition) is 7. The minimum absolute atomic E-state index is 0.0549. The van der Waals surface area contributed by atoms with E-state index < -0.39 is 4.92 Å². The van der Waals surface area contributed by atoms with E-state index in [-0.39, 0.29) is 5.69 Å². The first kappa shape index (κ1) is 24.4. The molecule has 0 amide bonds. The number of rotatable bonds is 10. The number of halogens is 2. The molecule has 0 atom stereocenters. The van der Waals surface area contributed by atoms with Crippen molar-refractivity contribution in [1.82, 2.24) is 15.0 Å².